The summed E-state index contributed by atoms with van der Waals surface area (Å²) in [5, 5.41) is 26.8. The third-order valence-electron chi connectivity index (χ3n) is 5.36. The van der Waals surface area contributed by atoms with Crippen molar-refractivity contribution < 1.29 is 23.3 Å². The van der Waals surface area contributed by atoms with Gasteiger partial charge in [0.25, 0.3) is 0 Å². The summed E-state index contributed by atoms with van der Waals surface area (Å²) in [5.74, 6) is -1.24. The molecule has 2 atom stereocenters. The molecule has 0 spiro atoms. The Kier molecular flexibility index (Phi) is 11.7. The van der Waals surface area contributed by atoms with Crippen LogP contribution in [0.5, 0.6) is 0 Å². The molecule has 5 N–H and O–H groups in total. The summed E-state index contributed by atoms with van der Waals surface area (Å²) in [7, 11) is -5.47. The van der Waals surface area contributed by atoms with E-state index in [-0.39, 0.29) is 16.7 Å². The minimum Gasteiger partial charge on any atom is -0.426 e. The van der Waals surface area contributed by atoms with E-state index >= 15 is 0 Å². The van der Waals surface area contributed by atoms with Crippen molar-refractivity contribution in [1.82, 2.24) is 15.4 Å². The number of carbonyl (C=O) groups excluding carboxylic acids is 1. The lowest BCUT2D eigenvalue weighted by Gasteiger charge is -2.24. The Morgan fingerprint density at radius 1 is 1.12 bits per heavy atom. The lowest BCUT2D eigenvalue weighted by atomic mass is 9.75. The fraction of sp³-hybridized carbons (Fsp3) is 0.522. The molecule has 0 saturated carbocycles. The Morgan fingerprint density at radius 2 is 1.79 bits per heavy atom. The standard InChI is InChI=1S/C23H36BN3O5S2/c1-4-5-7-18-9-11-19(12-10-18)15-25-20(16-26-34(31,32)22-8-6-13-33-22)23(28)27-21(24(29)30)14-17(2)3/h6,8-13,17,20-21,25-26,29-30H,4-5,7,14-16H2,1-3H3,(H,27,28)/t20-,21-/m0/s1. The quantitative estimate of drug-likeness (QED) is 0.234. The second kappa shape index (κ2) is 14.0. The lowest BCUT2D eigenvalue weighted by molar-refractivity contribution is -0.123. The van der Waals surface area contributed by atoms with Gasteiger partial charge in [0.05, 0.1) is 5.94 Å². The number of unbranched alkanes of at least 4 members (excludes halogenated alkanes) is 1. The molecule has 0 aliphatic carbocycles. The van der Waals surface area contributed by atoms with Crippen molar-refractivity contribution in [2.75, 3.05) is 6.54 Å². The molecule has 1 aromatic heterocycles. The van der Waals surface area contributed by atoms with Gasteiger partial charge in [-0.3, -0.25) is 4.79 Å². The number of benzene rings is 1. The van der Waals surface area contributed by atoms with Crippen LogP contribution >= 0.6 is 11.3 Å². The summed E-state index contributed by atoms with van der Waals surface area (Å²) < 4.78 is 27.8. The van der Waals surface area contributed by atoms with Crippen LogP contribution in [0.25, 0.3) is 0 Å². The predicted molar refractivity (Wildman–Crippen MR) is 137 cm³/mol. The van der Waals surface area contributed by atoms with E-state index in [1.165, 1.54) is 11.6 Å². The average molecular weight is 510 g/mol. The first kappa shape index (κ1) is 28.5. The van der Waals surface area contributed by atoms with Crippen molar-refractivity contribution >= 4 is 34.4 Å². The van der Waals surface area contributed by atoms with E-state index in [0.29, 0.717) is 13.0 Å². The van der Waals surface area contributed by atoms with Crippen LogP contribution in [0.1, 0.15) is 51.2 Å². The Hall–Kier alpha value is -1.76. The van der Waals surface area contributed by atoms with Crippen molar-refractivity contribution in [2.45, 2.75) is 69.2 Å². The Balaban J connectivity index is 2.09. The predicted octanol–water partition coefficient (Wildman–Crippen LogP) is 2.07. The highest BCUT2D eigenvalue weighted by molar-refractivity contribution is 7.91. The van der Waals surface area contributed by atoms with Crippen molar-refractivity contribution in [3.8, 4) is 0 Å². The number of rotatable bonds is 15. The SMILES string of the molecule is CCCCc1ccc(CN[C@@H](CNS(=O)(=O)c2cccs2)C(=O)N[C@@H](CC(C)C)B(O)O)cc1. The van der Waals surface area contributed by atoms with E-state index in [4.69, 9.17) is 0 Å². The summed E-state index contributed by atoms with van der Waals surface area (Å²) in [6.45, 7) is 6.14. The van der Waals surface area contributed by atoms with E-state index in [1.54, 1.807) is 11.4 Å². The molecule has 0 aliphatic rings. The van der Waals surface area contributed by atoms with E-state index in [9.17, 15) is 23.3 Å². The van der Waals surface area contributed by atoms with Crippen LogP contribution in [0.2, 0.25) is 0 Å². The first-order valence-electron chi connectivity index (χ1n) is 11.6. The van der Waals surface area contributed by atoms with Gasteiger partial charge >= 0.3 is 7.12 Å². The minimum absolute atomic E-state index is 0.127. The molecule has 34 heavy (non-hydrogen) atoms. The monoisotopic (exact) mass is 509 g/mol. The molecule has 0 fully saturated rings. The number of hydrogen-bond donors (Lipinski definition) is 5. The van der Waals surface area contributed by atoms with Gasteiger partial charge in [-0.1, -0.05) is 57.5 Å². The molecule has 8 nitrogen and oxygen atoms in total. The van der Waals surface area contributed by atoms with Crippen LogP contribution in [0.15, 0.2) is 46.0 Å². The first-order valence-corrected chi connectivity index (χ1v) is 14.0. The van der Waals surface area contributed by atoms with Crippen LogP contribution in [-0.4, -0.2) is 50.0 Å². The van der Waals surface area contributed by atoms with Crippen LogP contribution in [0, 0.1) is 5.92 Å². The molecule has 0 unspecified atom stereocenters. The number of carbonyl (C=O) groups is 1. The van der Waals surface area contributed by atoms with Gasteiger partial charge in [-0.15, -0.1) is 11.3 Å². The Bertz CT molecular complexity index is 967. The van der Waals surface area contributed by atoms with Gasteiger partial charge in [-0.2, -0.15) is 0 Å². The maximum absolute atomic E-state index is 13.0. The number of hydrogen-bond acceptors (Lipinski definition) is 7. The number of amides is 1. The third kappa shape index (κ3) is 9.48. The van der Waals surface area contributed by atoms with E-state index in [1.807, 2.05) is 26.0 Å². The topological polar surface area (TPSA) is 128 Å². The molecule has 0 saturated heterocycles. The number of sulfonamides is 1. The minimum atomic E-state index is -3.76. The lowest BCUT2D eigenvalue weighted by Crippen LogP contribution is -2.56. The van der Waals surface area contributed by atoms with Crippen molar-refractivity contribution in [2.24, 2.45) is 5.92 Å². The van der Waals surface area contributed by atoms with Gasteiger partial charge in [0.2, 0.25) is 15.9 Å². The highest BCUT2D eigenvalue weighted by Gasteiger charge is 2.30. The smallest absolute Gasteiger partial charge is 0.426 e. The third-order valence-corrected chi connectivity index (χ3v) is 8.18. The number of thiophene rings is 1. The van der Waals surface area contributed by atoms with E-state index < -0.39 is 35.0 Å². The second-order valence-electron chi connectivity index (χ2n) is 8.80. The number of nitrogens with one attached hydrogen (secondary N) is 3. The Morgan fingerprint density at radius 3 is 2.35 bits per heavy atom. The molecule has 2 aromatic rings. The maximum Gasteiger partial charge on any atom is 0.475 e. The fourth-order valence-corrected chi connectivity index (χ4v) is 5.51. The second-order valence-corrected chi connectivity index (χ2v) is 11.7. The van der Waals surface area contributed by atoms with Gasteiger partial charge in [0.1, 0.15) is 10.3 Å². The van der Waals surface area contributed by atoms with E-state index in [2.05, 4.69) is 34.4 Å². The summed E-state index contributed by atoms with van der Waals surface area (Å²) >= 11 is 1.09. The highest BCUT2D eigenvalue weighted by Crippen LogP contribution is 2.15. The summed E-state index contributed by atoms with van der Waals surface area (Å²) in [5.41, 5.74) is 2.21. The molecule has 0 bridgehead atoms. The summed E-state index contributed by atoms with van der Waals surface area (Å²) in [6.07, 6.45) is 3.64. The normalized spacial score (nSPS) is 13.6. The van der Waals surface area contributed by atoms with Gasteiger partial charge in [-0.25, -0.2) is 13.1 Å². The molecule has 0 radical (unpaired) electrons. The van der Waals surface area contributed by atoms with E-state index in [0.717, 1.165) is 36.2 Å². The molecule has 11 heteroatoms. The van der Waals surface area contributed by atoms with Gasteiger partial charge < -0.3 is 20.7 Å². The zero-order valence-electron chi connectivity index (χ0n) is 20.0. The average Bonchev–Trinajstić information content (AvgIpc) is 3.33. The van der Waals surface area contributed by atoms with Crippen LogP contribution < -0.4 is 15.4 Å². The van der Waals surface area contributed by atoms with Crippen molar-refractivity contribution in [3.63, 3.8) is 0 Å². The van der Waals surface area contributed by atoms with Crippen LogP contribution in [0.3, 0.4) is 0 Å². The molecule has 1 heterocycles. The largest absolute Gasteiger partial charge is 0.475 e. The molecule has 1 amide bonds. The van der Waals surface area contributed by atoms with Crippen LogP contribution in [-0.2, 0) is 27.8 Å². The van der Waals surface area contributed by atoms with Gasteiger partial charge in [0, 0.05) is 13.1 Å². The van der Waals surface area contributed by atoms with Crippen molar-refractivity contribution in [1.29, 1.82) is 0 Å². The van der Waals surface area contributed by atoms with Crippen LogP contribution in [0.4, 0.5) is 0 Å². The Labute approximate surface area is 207 Å². The van der Waals surface area contributed by atoms with Gasteiger partial charge in [-0.05, 0) is 47.8 Å². The first-order chi connectivity index (χ1) is 16.1. The summed E-state index contributed by atoms with van der Waals surface area (Å²) in [4.78, 5) is 13.0. The molecular weight excluding hydrogens is 473 g/mol. The molecule has 0 aliphatic heterocycles. The fourth-order valence-electron chi connectivity index (χ4n) is 3.43. The molecule has 188 valence electrons. The number of aryl methyl sites for hydroxylation is 1. The van der Waals surface area contributed by atoms with Gasteiger partial charge in [0.15, 0.2) is 0 Å². The zero-order chi connectivity index (χ0) is 25.1. The summed E-state index contributed by atoms with van der Waals surface area (Å²) in [6, 6.07) is 10.3. The highest BCUT2D eigenvalue weighted by atomic mass is 32.2. The molecule has 1 aromatic carbocycles. The molecular formula is C23H36BN3O5S2. The maximum atomic E-state index is 13.0. The van der Waals surface area contributed by atoms with Crippen molar-refractivity contribution in [3.05, 3.63) is 52.9 Å². The molecule has 2 rings (SSSR count). The zero-order valence-corrected chi connectivity index (χ0v) is 21.7.